The molecule has 0 atom stereocenters. The van der Waals surface area contributed by atoms with Crippen LogP contribution in [0.4, 0.5) is 5.69 Å². The summed E-state index contributed by atoms with van der Waals surface area (Å²) in [6.07, 6.45) is 0. The van der Waals surface area contributed by atoms with Gasteiger partial charge in [-0.3, -0.25) is 0 Å². The molecule has 3 aromatic carbocycles. The molecule has 1 aromatic heterocycles. The third kappa shape index (κ3) is 3.89. The van der Waals surface area contributed by atoms with Gasteiger partial charge in [-0.2, -0.15) is 0 Å². The van der Waals surface area contributed by atoms with E-state index < -0.39 is 0 Å². The average Bonchev–Trinajstić information content (AvgIpc) is 3.09. The topological polar surface area (TPSA) is 57.2 Å². The van der Waals surface area contributed by atoms with Crippen LogP contribution < -0.4 is 5.73 Å². The number of anilines is 1. The number of hydrogen-bond acceptors (Lipinski definition) is 3. The second kappa shape index (κ2) is 8.42. The van der Waals surface area contributed by atoms with E-state index in [0.717, 1.165) is 27.6 Å². The molecule has 0 unspecified atom stereocenters. The Morgan fingerprint density at radius 2 is 1.80 bits per heavy atom. The van der Waals surface area contributed by atoms with Crippen LogP contribution in [0.25, 0.3) is 22.0 Å². The van der Waals surface area contributed by atoms with Gasteiger partial charge < -0.3 is 15.0 Å². The first-order valence-electron chi connectivity index (χ1n) is 9.57. The molecule has 0 saturated heterocycles. The number of nitrogens with zero attached hydrogens (tertiary/aromatic N) is 1. The van der Waals surface area contributed by atoms with Crippen LogP contribution in [0, 0.1) is 0 Å². The van der Waals surface area contributed by atoms with Gasteiger partial charge in [-0.05, 0) is 60.0 Å². The van der Waals surface area contributed by atoms with Gasteiger partial charge in [0.2, 0.25) is 0 Å². The Morgan fingerprint density at radius 3 is 2.53 bits per heavy atom. The van der Waals surface area contributed by atoms with E-state index in [2.05, 4.69) is 0 Å². The molecule has 0 spiro atoms. The van der Waals surface area contributed by atoms with Crippen LogP contribution in [0.1, 0.15) is 23.0 Å². The Bertz CT molecular complexity index is 1250. The van der Waals surface area contributed by atoms with E-state index >= 15 is 0 Å². The molecule has 4 rings (SSSR count). The molecular formula is C24H20Cl2N2O2. The summed E-state index contributed by atoms with van der Waals surface area (Å²) < 4.78 is 7.26. The first kappa shape index (κ1) is 20.3. The monoisotopic (exact) mass is 438 g/mol. The van der Waals surface area contributed by atoms with Gasteiger partial charge >= 0.3 is 5.97 Å². The third-order valence-electron chi connectivity index (χ3n) is 4.95. The fourth-order valence-electron chi connectivity index (χ4n) is 3.61. The molecule has 0 bridgehead atoms. The van der Waals surface area contributed by atoms with E-state index in [1.54, 1.807) is 13.0 Å². The molecular weight excluding hydrogens is 419 g/mol. The summed E-state index contributed by atoms with van der Waals surface area (Å²) in [5.74, 6) is -0.368. The predicted octanol–water partition coefficient (Wildman–Crippen LogP) is 6.42. The van der Waals surface area contributed by atoms with E-state index in [4.69, 9.17) is 33.7 Å². The van der Waals surface area contributed by atoms with E-state index in [-0.39, 0.29) is 5.97 Å². The fourth-order valence-corrected chi connectivity index (χ4v) is 3.93. The molecule has 6 heteroatoms. The molecule has 0 radical (unpaired) electrons. The summed E-state index contributed by atoms with van der Waals surface area (Å²) in [6.45, 7) is 2.55. The maximum Gasteiger partial charge on any atom is 0.354 e. The lowest BCUT2D eigenvalue weighted by atomic mass is 10.0. The number of esters is 1. The Hall–Kier alpha value is -2.95. The van der Waals surface area contributed by atoms with Gasteiger partial charge in [0.15, 0.2) is 0 Å². The van der Waals surface area contributed by atoms with Crippen LogP contribution >= 0.6 is 23.2 Å². The van der Waals surface area contributed by atoms with Crippen molar-refractivity contribution in [3.8, 4) is 11.1 Å². The summed E-state index contributed by atoms with van der Waals surface area (Å²) in [6, 6.07) is 21.0. The van der Waals surface area contributed by atoms with E-state index in [0.29, 0.717) is 34.6 Å². The van der Waals surface area contributed by atoms with Gasteiger partial charge in [-0.15, -0.1) is 0 Å². The van der Waals surface area contributed by atoms with Crippen molar-refractivity contribution in [2.24, 2.45) is 0 Å². The number of halogens is 2. The predicted molar refractivity (Wildman–Crippen MR) is 123 cm³/mol. The van der Waals surface area contributed by atoms with Crippen molar-refractivity contribution in [1.82, 2.24) is 4.57 Å². The Balaban J connectivity index is 1.90. The minimum atomic E-state index is -0.368. The summed E-state index contributed by atoms with van der Waals surface area (Å²) in [7, 11) is 0. The zero-order valence-electron chi connectivity index (χ0n) is 16.4. The molecule has 4 aromatic rings. The minimum absolute atomic E-state index is 0.301. The number of carbonyl (C=O) groups excluding carboxylic acids is 1. The number of rotatable bonds is 5. The first-order valence-corrected chi connectivity index (χ1v) is 10.3. The zero-order chi connectivity index (χ0) is 21.3. The summed E-state index contributed by atoms with van der Waals surface area (Å²) in [5, 5.41) is 1.92. The lowest BCUT2D eigenvalue weighted by molar-refractivity contribution is 0.0515. The van der Waals surface area contributed by atoms with Crippen LogP contribution in [0.2, 0.25) is 10.0 Å². The Kier molecular flexibility index (Phi) is 5.71. The van der Waals surface area contributed by atoms with E-state index in [1.807, 2.05) is 65.2 Å². The average molecular weight is 439 g/mol. The number of nitrogen functional groups attached to an aromatic ring is 1. The molecule has 4 nitrogen and oxygen atoms in total. The van der Waals surface area contributed by atoms with Crippen LogP contribution in [0.3, 0.4) is 0 Å². The van der Waals surface area contributed by atoms with Crippen molar-refractivity contribution in [2.75, 3.05) is 12.3 Å². The third-order valence-corrected chi connectivity index (χ3v) is 5.69. The quantitative estimate of drug-likeness (QED) is 0.288. The molecule has 30 heavy (non-hydrogen) atoms. The SMILES string of the molecule is CCOC(=O)c1cc2c(-c3cccc(N)c3)cccc2n1Cc1ccc(Cl)c(Cl)c1. The van der Waals surface area contributed by atoms with Crippen molar-refractivity contribution in [3.63, 3.8) is 0 Å². The number of hydrogen-bond donors (Lipinski definition) is 1. The molecule has 152 valence electrons. The van der Waals surface area contributed by atoms with Crippen molar-refractivity contribution >= 4 is 45.8 Å². The van der Waals surface area contributed by atoms with Gasteiger partial charge in [-0.1, -0.05) is 53.5 Å². The molecule has 0 amide bonds. The van der Waals surface area contributed by atoms with Gasteiger partial charge in [0.05, 0.1) is 16.7 Å². The van der Waals surface area contributed by atoms with Gasteiger partial charge in [0.25, 0.3) is 0 Å². The Morgan fingerprint density at radius 1 is 1.00 bits per heavy atom. The number of fused-ring (bicyclic) bond motifs is 1. The molecule has 0 saturated carbocycles. The molecule has 0 aliphatic carbocycles. The van der Waals surface area contributed by atoms with Gasteiger partial charge in [0, 0.05) is 23.1 Å². The number of aromatic nitrogens is 1. The highest BCUT2D eigenvalue weighted by Crippen LogP contribution is 2.33. The number of ether oxygens (including phenoxy) is 1. The summed E-state index contributed by atoms with van der Waals surface area (Å²) >= 11 is 12.3. The van der Waals surface area contributed by atoms with Crippen molar-refractivity contribution < 1.29 is 9.53 Å². The van der Waals surface area contributed by atoms with E-state index in [1.165, 1.54) is 0 Å². The number of benzene rings is 3. The maximum atomic E-state index is 12.7. The van der Waals surface area contributed by atoms with Crippen LogP contribution in [0.5, 0.6) is 0 Å². The smallest absolute Gasteiger partial charge is 0.354 e. The molecule has 0 aliphatic heterocycles. The van der Waals surface area contributed by atoms with Crippen LogP contribution in [0.15, 0.2) is 66.7 Å². The zero-order valence-corrected chi connectivity index (χ0v) is 17.9. The van der Waals surface area contributed by atoms with Crippen LogP contribution in [-0.2, 0) is 11.3 Å². The maximum absolute atomic E-state index is 12.7. The lowest BCUT2D eigenvalue weighted by Crippen LogP contribution is -2.12. The molecule has 0 fully saturated rings. The summed E-state index contributed by atoms with van der Waals surface area (Å²) in [5.41, 5.74) is 11.0. The second-order valence-electron chi connectivity index (χ2n) is 6.95. The fraction of sp³-hybridized carbons (Fsp3) is 0.125. The van der Waals surface area contributed by atoms with Gasteiger partial charge in [-0.25, -0.2) is 4.79 Å². The standard InChI is InChI=1S/C24H20Cl2N2O2/c1-2-30-24(29)23-13-19-18(16-5-3-6-17(27)12-16)7-4-8-22(19)28(23)14-15-9-10-20(25)21(26)11-15/h3-13H,2,14,27H2,1H3. The van der Waals surface area contributed by atoms with E-state index in [9.17, 15) is 4.79 Å². The van der Waals surface area contributed by atoms with Crippen molar-refractivity contribution in [1.29, 1.82) is 0 Å². The van der Waals surface area contributed by atoms with Crippen LogP contribution in [-0.4, -0.2) is 17.1 Å². The molecule has 2 N–H and O–H groups in total. The normalized spacial score (nSPS) is 11.0. The summed E-state index contributed by atoms with van der Waals surface area (Å²) in [4.78, 5) is 12.7. The largest absolute Gasteiger partial charge is 0.461 e. The highest BCUT2D eigenvalue weighted by Gasteiger charge is 2.19. The second-order valence-corrected chi connectivity index (χ2v) is 7.76. The number of carbonyl (C=O) groups is 1. The Labute approximate surface area is 184 Å². The molecule has 0 aliphatic rings. The van der Waals surface area contributed by atoms with Crippen molar-refractivity contribution in [3.05, 3.63) is 88.0 Å². The molecule has 1 heterocycles. The first-order chi connectivity index (χ1) is 14.5. The lowest BCUT2D eigenvalue weighted by Gasteiger charge is -2.12. The van der Waals surface area contributed by atoms with Crippen molar-refractivity contribution in [2.45, 2.75) is 13.5 Å². The number of nitrogens with two attached hydrogens (primary N) is 1. The minimum Gasteiger partial charge on any atom is -0.461 e. The highest BCUT2D eigenvalue weighted by atomic mass is 35.5. The highest BCUT2D eigenvalue weighted by molar-refractivity contribution is 6.42. The van der Waals surface area contributed by atoms with Gasteiger partial charge in [0.1, 0.15) is 5.69 Å².